The molecule has 0 bridgehead atoms. The third-order valence-electron chi connectivity index (χ3n) is 2.45. The first-order valence-electron chi connectivity index (χ1n) is 5.48. The number of rotatable bonds is 4. The molecule has 100 valence electrons. The summed E-state index contributed by atoms with van der Waals surface area (Å²) in [6, 6.07) is 13.1. The van der Waals surface area contributed by atoms with Crippen molar-refractivity contribution < 1.29 is 23.8 Å². The molecule has 2 N–H and O–H groups in total. The molecule has 0 aliphatic rings. The molecule has 2 aromatic carbocycles. The Bertz CT molecular complexity index is 606. The van der Waals surface area contributed by atoms with E-state index in [4.69, 9.17) is 9.47 Å². The third kappa shape index (κ3) is 3.15. The predicted octanol–water partition coefficient (Wildman–Crippen LogP) is 2.29. The fourth-order valence-corrected chi connectivity index (χ4v) is 2.30. The molecule has 0 aliphatic carbocycles. The van der Waals surface area contributed by atoms with E-state index in [9.17, 15) is 14.4 Å². The SMILES string of the molecule is COc1cccc(P(=O)(O)O)c1Oc1ccccc1. The Balaban J connectivity index is 2.51. The predicted molar refractivity (Wildman–Crippen MR) is 71.2 cm³/mol. The minimum atomic E-state index is -4.44. The monoisotopic (exact) mass is 280 g/mol. The maximum absolute atomic E-state index is 11.5. The van der Waals surface area contributed by atoms with Gasteiger partial charge >= 0.3 is 7.60 Å². The molecule has 2 rings (SSSR count). The maximum atomic E-state index is 11.5. The quantitative estimate of drug-likeness (QED) is 0.840. The molecular formula is C13H13O5P. The van der Waals surface area contributed by atoms with Crippen LogP contribution in [0.2, 0.25) is 0 Å². The first kappa shape index (κ1) is 13.6. The highest BCUT2D eigenvalue weighted by atomic mass is 31.2. The average molecular weight is 280 g/mol. The summed E-state index contributed by atoms with van der Waals surface area (Å²) < 4.78 is 22.1. The summed E-state index contributed by atoms with van der Waals surface area (Å²) in [4.78, 5) is 18.7. The highest BCUT2D eigenvalue weighted by Gasteiger charge is 2.25. The summed E-state index contributed by atoms with van der Waals surface area (Å²) in [6.07, 6.45) is 0. The zero-order valence-corrected chi connectivity index (χ0v) is 11.1. The Morgan fingerprint density at radius 3 is 2.26 bits per heavy atom. The van der Waals surface area contributed by atoms with Crippen molar-refractivity contribution in [2.45, 2.75) is 0 Å². The van der Waals surface area contributed by atoms with Gasteiger partial charge in [-0.2, -0.15) is 0 Å². The molecule has 0 unspecified atom stereocenters. The fourth-order valence-electron chi connectivity index (χ4n) is 1.60. The zero-order chi connectivity index (χ0) is 13.9. The second-order valence-electron chi connectivity index (χ2n) is 3.77. The summed E-state index contributed by atoms with van der Waals surface area (Å²) >= 11 is 0. The lowest BCUT2D eigenvalue weighted by Gasteiger charge is -2.15. The van der Waals surface area contributed by atoms with Crippen molar-refractivity contribution in [2.75, 3.05) is 7.11 Å². The first-order valence-corrected chi connectivity index (χ1v) is 7.09. The summed E-state index contributed by atoms with van der Waals surface area (Å²) in [5.74, 6) is 0.774. The van der Waals surface area contributed by atoms with Crippen LogP contribution in [0.5, 0.6) is 17.2 Å². The van der Waals surface area contributed by atoms with E-state index in [1.54, 1.807) is 30.3 Å². The normalized spacial score (nSPS) is 11.1. The van der Waals surface area contributed by atoms with Crippen LogP contribution in [0.15, 0.2) is 48.5 Å². The van der Waals surface area contributed by atoms with Crippen molar-refractivity contribution in [1.82, 2.24) is 0 Å². The van der Waals surface area contributed by atoms with E-state index in [1.807, 2.05) is 6.07 Å². The van der Waals surface area contributed by atoms with Crippen LogP contribution in [0, 0.1) is 0 Å². The summed E-state index contributed by atoms with van der Waals surface area (Å²) in [5.41, 5.74) is 0. The van der Waals surface area contributed by atoms with E-state index in [2.05, 4.69) is 0 Å². The van der Waals surface area contributed by atoms with Crippen LogP contribution in [-0.2, 0) is 4.57 Å². The Kier molecular flexibility index (Phi) is 3.90. The number of hydrogen-bond acceptors (Lipinski definition) is 3. The lowest BCUT2D eigenvalue weighted by molar-refractivity contribution is 0.371. The number of methoxy groups -OCH3 is 1. The lowest BCUT2D eigenvalue weighted by Crippen LogP contribution is -2.09. The molecule has 2 aromatic rings. The van der Waals surface area contributed by atoms with Crippen molar-refractivity contribution in [2.24, 2.45) is 0 Å². The van der Waals surface area contributed by atoms with Crippen LogP contribution >= 0.6 is 7.60 Å². The van der Waals surface area contributed by atoms with Crippen LogP contribution < -0.4 is 14.8 Å². The molecular weight excluding hydrogens is 267 g/mol. The van der Waals surface area contributed by atoms with Crippen molar-refractivity contribution >= 4 is 12.9 Å². The molecule has 6 heteroatoms. The van der Waals surface area contributed by atoms with Gasteiger partial charge in [-0.05, 0) is 24.3 Å². The van der Waals surface area contributed by atoms with Gasteiger partial charge in [-0.3, -0.25) is 4.57 Å². The molecule has 0 aromatic heterocycles. The van der Waals surface area contributed by atoms with Crippen LogP contribution in [0.3, 0.4) is 0 Å². The van der Waals surface area contributed by atoms with Crippen LogP contribution in [0.4, 0.5) is 0 Å². The molecule has 0 fully saturated rings. The number of hydrogen-bond donors (Lipinski definition) is 2. The number of para-hydroxylation sites is 2. The van der Waals surface area contributed by atoms with Crippen LogP contribution in [0.25, 0.3) is 0 Å². The smallest absolute Gasteiger partial charge is 0.360 e. The summed E-state index contributed by atoms with van der Waals surface area (Å²) in [5, 5.41) is -0.198. The molecule has 0 saturated carbocycles. The molecule has 0 saturated heterocycles. The first-order chi connectivity index (χ1) is 9.02. The number of benzene rings is 2. The average Bonchev–Trinajstić information content (AvgIpc) is 2.39. The number of ether oxygens (including phenoxy) is 2. The van der Waals surface area contributed by atoms with Crippen molar-refractivity contribution in [3.63, 3.8) is 0 Å². The van der Waals surface area contributed by atoms with E-state index in [0.717, 1.165) is 0 Å². The molecule has 0 aliphatic heterocycles. The van der Waals surface area contributed by atoms with Gasteiger partial charge in [0, 0.05) is 0 Å². The van der Waals surface area contributed by atoms with E-state index >= 15 is 0 Å². The van der Waals surface area contributed by atoms with E-state index < -0.39 is 7.60 Å². The molecule has 19 heavy (non-hydrogen) atoms. The highest BCUT2D eigenvalue weighted by Crippen LogP contribution is 2.42. The largest absolute Gasteiger partial charge is 0.493 e. The van der Waals surface area contributed by atoms with E-state index in [1.165, 1.54) is 19.2 Å². The van der Waals surface area contributed by atoms with Crippen molar-refractivity contribution in [3.8, 4) is 17.2 Å². The topological polar surface area (TPSA) is 76.0 Å². The maximum Gasteiger partial charge on any atom is 0.360 e. The van der Waals surface area contributed by atoms with Gasteiger partial charge in [-0.1, -0.05) is 24.3 Å². The van der Waals surface area contributed by atoms with Crippen molar-refractivity contribution in [1.29, 1.82) is 0 Å². The Morgan fingerprint density at radius 1 is 1.00 bits per heavy atom. The fraction of sp³-hybridized carbons (Fsp3) is 0.0769. The molecule has 0 atom stereocenters. The summed E-state index contributed by atoms with van der Waals surface area (Å²) in [6.45, 7) is 0. The van der Waals surface area contributed by atoms with Gasteiger partial charge in [0.05, 0.1) is 7.11 Å². The molecule has 0 radical (unpaired) electrons. The standard InChI is InChI=1S/C13H13O5P/c1-17-11-8-5-9-12(19(14,15)16)13(11)18-10-6-3-2-4-7-10/h2-9H,1H3,(H2,14,15,16). The van der Waals surface area contributed by atoms with Gasteiger partial charge in [-0.15, -0.1) is 0 Å². The summed E-state index contributed by atoms with van der Waals surface area (Å²) in [7, 11) is -3.02. The van der Waals surface area contributed by atoms with E-state index in [-0.39, 0.29) is 16.8 Å². The lowest BCUT2D eigenvalue weighted by atomic mass is 10.3. The Morgan fingerprint density at radius 2 is 1.68 bits per heavy atom. The van der Waals surface area contributed by atoms with Gasteiger partial charge in [0.2, 0.25) is 0 Å². The minimum absolute atomic E-state index is 0.0320. The van der Waals surface area contributed by atoms with Gasteiger partial charge in [0.15, 0.2) is 11.5 Å². The second-order valence-corrected chi connectivity index (χ2v) is 5.34. The zero-order valence-electron chi connectivity index (χ0n) is 10.2. The van der Waals surface area contributed by atoms with Gasteiger partial charge in [0.25, 0.3) is 0 Å². The van der Waals surface area contributed by atoms with Gasteiger partial charge in [0.1, 0.15) is 11.1 Å². The molecule has 5 nitrogen and oxygen atoms in total. The van der Waals surface area contributed by atoms with Gasteiger partial charge in [-0.25, -0.2) is 0 Å². The third-order valence-corrected chi connectivity index (χ3v) is 3.43. The van der Waals surface area contributed by atoms with Gasteiger partial charge < -0.3 is 19.3 Å². The minimum Gasteiger partial charge on any atom is -0.493 e. The second kappa shape index (κ2) is 5.45. The van der Waals surface area contributed by atoms with Crippen LogP contribution in [0.1, 0.15) is 0 Å². The molecule has 0 spiro atoms. The van der Waals surface area contributed by atoms with E-state index in [0.29, 0.717) is 5.75 Å². The Hall–Kier alpha value is -1.81. The Labute approximate surface area is 110 Å². The molecule has 0 amide bonds. The van der Waals surface area contributed by atoms with Crippen molar-refractivity contribution in [3.05, 3.63) is 48.5 Å². The van der Waals surface area contributed by atoms with Crippen LogP contribution in [-0.4, -0.2) is 16.9 Å². The highest BCUT2D eigenvalue weighted by molar-refractivity contribution is 7.60. The molecule has 0 heterocycles.